The molecule has 1 aromatic rings. The van der Waals surface area contributed by atoms with Crippen molar-refractivity contribution in [1.82, 2.24) is 10.2 Å². The van der Waals surface area contributed by atoms with Crippen LogP contribution < -0.4 is 5.32 Å². The second kappa shape index (κ2) is 7.30. The van der Waals surface area contributed by atoms with E-state index in [4.69, 9.17) is 0 Å². The molecule has 24 heavy (non-hydrogen) atoms. The molecule has 1 saturated carbocycles. The van der Waals surface area contributed by atoms with E-state index in [1.807, 2.05) is 4.90 Å². The number of rotatable bonds is 5. The number of fused-ring (bicyclic) bond motifs is 1. The average Bonchev–Trinajstić information content (AvgIpc) is 2.93. The molecule has 3 atom stereocenters. The van der Waals surface area contributed by atoms with Crippen molar-refractivity contribution < 1.29 is 19.1 Å². The number of likely N-dealkylation sites (tertiary alicyclic amines) is 1. The fourth-order valence-electron chi connectivity index (χ4n) is 4.08. The van der Waals surface area contributed by atoms with Crippen LogP contribution >= 0.6 is 0 Å². The predicted octanol–water partition coefficient (Wildman–Crippen LogP) is 2.16. The molecule has 0 aromatic heterocycles. The van der Waals surface area contributed by atoms with Crippen LogP contribution in [-0.2, 0) is 16.1 Å². The fraction of sp³-hybridized carbons (Fsp3) is 0.556. The number of amides is 1. The van der Waals surface area contributed by atoms with Crippen molar-refractivity contribution in [2.45, 2.75) is 50.7 Å². The van der Waals surface area contributed by atoms with Crippen molar-refractivity contribution in [1.29, 1.82) is 0 Å². The Labute approximate surface area is 140 Å². The standard InChI is InChI=1S/C18H23FN2O3/c19-14-7-3-1-6-13(14)10-20-17(22)11-21-15-8-4-2-5-12(15)9-16(21)18(23)24/h1,3,6-7,12,15-16H,2,4-5,8-11H2,(H,20,22)(H,23,24)/t12-,15+,16-/m0/s1. The average molecular weight is 334 g/mol. The number of carbonyl (C=O) groups excluding carboxylic acids is 1. The maximum absolute atomic E-state index is 13.6. The predicted molar refractivity (Wildman–Crippen MR) is 86.7 cm³/mol. The molecular weight excluding hydrogens is 311 g/mol. The normalized spacial score (nSPS) is 26.8. The highest BCUT2D eigenvalue weighted by atomic mass is 19.1. The number of hydrogen-bond donors (Lipinski definition) is 2. The van der Waals surface area contributed by atoms with E-state index in [-0.39, 0.29) is 30.9 Å². The Morgan fingerprint density at radius 1 is 1.25 bits per heavy atom. The summed E-state index contributed by atoms with van der Waals surface area (Å²) in [6, 6.07) is 5.90. The lowest BCUT2D eigenvalue weighted by molar-refractivity contribution is -0.143. The van der Waals surface area contributed by atoms with Gasteiger partial charge in [-0.2, -0.15) is 0 Å². The summed E-state index contributed by atoms with van der Waals surface area (Å²) in [5, 5.41) is 12.2. The molecule has 0 radical (unpaired) electrons. The summed E-state index contributed by atoms with van der Waals surface area (Å²) in [4.78, 5) is 25.6. The molecule has 2 aliphatic rings. The van der Waals surface area contributed by atoms with E-state index >= 15 is 0 Å². The first-order valence-corrected chi connectivity index (χ1v) is 8.55. The van der Waals surface area contributed by atoms with Gasteiger partial charge >= 0.3 is 5.97 Å². The quantitative estimate of drug-likeness (QED) is 0.866. The van der Waals surface area contributed by atoms with Gasteiger partial charge in [0, 0.05) is 18.2 Å². The van der Waals surface area contributed by atoms with Crippen molar-refractivity contribution in [3.63, 3.8) is 0 Å². The number of halogens is 1. The number of hydrogen-bond acceptors (Lipinski definition) is 3. The maximum Gasteiger partial charge on any atom is 0.320 e. The number of carbonyl (C=O) groups is 2. The summed E-state index contributed by atoms with van der Waals surface area (Å²) in [5.74, 6) is -1.09. The van der Waals surface area contributed by atoms with Gasteiger partial charge in [0.2, 0.25) is 5.91 Å². The molecular formula is C18H23FN2O3. The summed E-state index contributed by atoms with van der Waals surface area (Å²) in [6.07, 6.45) is 4.85. The Kier molecular flexibility index (Phi) is 5.14. The van der Waals surface area contributed by atoms with Crippen LogP contribution in [0.2, 0.25) is 0 Å². The van der Waals surface area contributed by atoms with Crippen LogP contribution in [0.4, 0.5) is 4.39 Å². The van der Waals surface area contributed by atoms with Crippen molar-refractivity contribution in [2.24, 2.45) is 5.92 Å². The monoisotopic (exact) mass is 334 g/mol. The van der Waals surface area contributed by atoms with Gasteiger partial charge < -0.3 is 10.4 Å². The highest BCUT2D eigenvalue weighted by Crippen LogP contribution is 2.39. The van der Waals surface area contributed by atoms with Crippen LogP contribution in [0, 0.1) is 11.7 Å². The molecule has 2 fully saturated rings. The fourth-order valence-corrected chi connectivity index (χ4v) is 4.08. The van der Waals surface area contributed by atoms with Gasteiger partial charge in [-0.25, -0.2) is 4.39 Å². The zero-order valence-electron chi connectivity index (χ0n) is 13.6. The summed E-state index contributed by atoms with van der Waals surface area (Å²) in [5.41, 5.74) is 0.428. The van der Waals surface area contributed by atoms with Gasteiger partial charge in [0.25, 0.3) is 0 Å². The highest BCUT2D eigenvalue weighted by molar-refractivity contribution is 5.80. The maximum atomic E-state index is 13.6. The number of nitrogens with one attached hydrogen (secondary N) is 1. The van der Waals surface area contributed by atoms with Gasteiger partial charge in [0.05, 0.1) is 6.54 Å². The molecule has 130 valence electrons. The molecule has 5 nitrogen and oxygen atoms in total. The lowest BCUT2D eigenvalue weighted by Gasteiger charge is -2.32. The SMILES string of the molecule is O=C(CN1[C@@H]2CCCC[C@H]2C[C@H]1C(=O)O)NCc1ccccc1F. The molecule has 1 heterocycles. The van der Waals surface area contributed by atoms with E-state index in [1.165, 1.54) is 6.07 Å². The zero-order valence-corrected chi connectivity index (χ0v) is 13.6. The number of nitrogens with zero attached hydrogens (tertiary/aromatic N) is 1. The van der Waals surface area contributed by atoms with Crippen LogP contribution in [0.5, 0.6) is 0 Å². The molecule has 2 N–H and O–H groups in total. The van der Waals surface area contributed by atoms with Crippen molar-refractivity contribution in [3.05, 3.63) is 35.6 Å². The molecule has 1 aromatic carbocycles. The largest absolute Gasteiger partial charge is 0.480 e. The third kappa shape index (κ3) is 3.59. The minimum Gasteiger partial charge on any atom is -0.480 e. The van der Waals surface area contributed by atoms with Crippen LogP contribution in [0.1, 0.15) is 37.7 Å². The zero-order chi connectivity index (χ0) is 17.1. The van der Waals surface area contributed by atoms with Gasteiger partial charge in [-0.15, -0.1) is 0 Å². The van der Waals surface area contributed by atoms with Crippen LogP contribution in [-0.4, -0.2) is 40.5 Å². The second-order valence-corrected chi connectivity index (χ2v) is 6.74. The first-order valence-electron chi connectivity index (χ1n) is 8.55. The summed E-state index contributed by atoms with van der Waals surface area (Å²) in [7, 11) is 0. The Hall–Kier alpha value is -1.95. The van der Waals surface area contributed by atoms with E-state index in [2.05, 4.69) is 5.32 Å². The molecule has 6 heteroatoms. The minimum absolute atomic E-state index is 0.0621. The van der Waals surface area contributed by atoms with E-state index in [9.17, 15) is 19.1 Å². The molecule has 3 rings (SSSR count). The van der Waals surface area contributed by atoms with E-state index < -0.39 is 12.0 Å². The Morgan fingerprint density at radius 2 is 2.00 bits per heavy atom. The molecule has 1 aliphatic carbocycles. The van der Waals surface area contributed by atoms with Crippen LogP contribution in [0.15, 0.2) is 24.3 Å². The molecule has 0 spiro atoms. The second-order valence-electron chi connectivity index (χ2n) is 6.74. The molecule has 1 aliphatic heterocycles. The van der Waals surface area contributed by atoms with E-state index in [1.54, 1.807) is 18.2 Å². The van der Waals surface area contributed by atoms with Gasteiger partial charge in [-0.3, -0.25) is 14.5 Å². The Balaban J connectivity index is 1.61. The van der Waals surface area contributed by atoms with Gasteiger partial charge in [-0.1, -0.05) is 31.0 Å². The smallest absolute Gasteiger partial charge is 0.320 e. The Morgan fingerprint density at radius 3 is 2.75 bits per heavy atom. The minimum atomic E-state index is -0.855. The number of aliphatic carboxylic acids is 1. The number of benzene rings is 1. The first-order chi connectivity index (χ1) is 11.6. The third-order valence-electron chi connectivity index (χ3n) is 5.27. The molecule has 0 unspecified atom stereocenters. The van der Waals surface area contributed by atoms with Crippen molar-refractivity contribution in [3.8, 4) is 0 Å². The topological polar surface area (TPSA) is 69.6 Å². The van der Waals surface area contributed by atoms with Crippen molar-refractivity contribution in [2.75, 3.05) is 6.54 Å². The molecule has 1 saturated heterocycles. The number of carboxylic acids is 1. The molecule has 1 amide bonds. The van der Waals surface area contributed by atoms with Crippen LogP contribution in [0.3, 0.4) is 0 Å². The lowest BCUT2D eigenvalue weighted by atomic mass is 9.85. The van der Waals surface area contributed by atoms with Crippen molar-refractivity contribution >= 4 is 11.9 Å². The lowest BCUT2D eigenvalue weighted by Crippen LogP contribution is -2.47. The highest BCUT2D eigenvalue weighted by Gasteiger charge is 2.45. The van der Waals surface area contributed by atoms with Gasteiger partial charge in [-0.05, 0) is 31.2 Å². The summed E-state index contributed by atoms with van der Waals surface area (Å²) >= 11 is 0. The van der Waals surface area contributed by atoms with Crippen LogP contribution in [0.25, 0.3) is 0 Å². The summed E-state index contributed by atoms with van der Waals surface area (Å²) < 4.78 is 13.6. The summed E-state index contributed by atoms with van der Waals surface area (Å²) in [6.45, 7) is 0.178. The number of carboxylic acid groups (broad SMARTS) is 1. The molecule has 0 bridgehead atoms. The van der Waals surface area contributed by atoms with Gasteiger partial charge in [0.15, 0.2) is 0 Å². The third-order valence-corrected chi connectivity index (χ3v) is 5.27. The first kappa shape index (κ1) is 16.9. The van der Waals surface area contributed by atoms with Gasteiger partial charge in [0.1, 0.15) is 11.9 Å². The Bertz CT molecular complexity index is 622. The van der Waals surface area contributed by atoms with E-state index in [0.29, 0.717) is 17.9 Å². The van der Waals surface area contributed by atoms with E-state index in [0.717, 1.165) is 25.7 Å².